The van der Waals surface area contributed by atoms with Crippen molar-refractivity contribution in [1.29, 1.82) is 0 Å². The summed E-state index contributed by atoms with van der Waals surface area (Å²) in [5, 5.41) is 10.4. The molecule has 162 valence electrons. The Hall–Kier alpha value is -3.32. The van der Waals surface area contributed by atoms with Gasteiger partial charge >= 0.3 is 6.09 Å². The fourth-order valence-corrected chi connectivity index (χ4v) is 3.01. The number of nitrogens with zero attached hydrogens (tertiary/aromatic N) is 2. The molecule has 3 rings (SSSR count). The number of carbonyl (C=O) groups excluding carboxylic acids is 2. The number of aromatic nitrogens is 2. The fourth-order valence-electron chi connectivity index (χ4n) is 2.88. The third-order valence-corrected chi connectivity index (χ3v) is 4.68. The van der Waals surface area contributed by atoms with Crippen molar-refractivity contribution in [1.82, 2.24) is 15.1 Å². The van der Waals surface area contributed by atoms with E-state index in [-0.39, 0.29) is 12.5 Å². The van der Waals surface area contributed by atoms with Gasteiger partial charge in [0.15, 0.2) is 0 Å². The van der Waals surface area contributed by atoms with Crippen LogP contribution in [0, 0.1) is 5.92 Å². The molecule has 3 aromatic rings. The first-order valence-corrected chi connectivity index (χ1v) is 10.4. The summed E-state index contributed by atoms with van der Waals surface area (Å²) in [7, 11) is 0. The first-order chi connectivity index (χ1) is 14.9. The van der Waals surface area contributed by atoms with Crippen molar-refractivity contribution in [2.45, 2.75) is 33.5 Å². The van der Waals surface area contributed by atoms with Crippen LogP contribution in [0.1, 0.15) is 35.5 Å². The maximum absolute atomic E-state index is 12.4. The molecule has 0 radical (unpaired) electrons. The summed E-state index contributed by atoms with van der Waals surface area (Å²) in [4.78, 5) is 24.4. The van der Waals surface area contributed by atoms with Gasteiger partial charge in [-0.1, -0.05) is 49.7 Å². The number of nitrogens with one attached hydrogen (secondary N) is 2. The molecule has 1 aromatic heterocycles. The number of hydrogen-bond acceptors (Lipinski definition) is 4. The minimum Gasteiger partial charge on any atom is -0.444 e. The lowest BCUT2D eigenvalue weighted by Crippen LogP contribution is -2.26. The molecule has 1 heterocycles. The molecular weight excluding hydrogens is 416 g/mol. The Morgan fingerprint density at radius 1 is 1.03 bits per heavy atom. The van der Waals surface area contributed by atoms with E-state index >= 15 is 0 Å². The average molecular weight is 441 g/mol. The molecule has 2 aromatic carbocycles. The highest BCUT2D eigenvalue weighted by atomic mass is 35.5. The van der Waals surface area contributed by atoms with Crippen LogP contribution in [0.15, 0.2) is 60.8 Å². The van der Waals surface area contributed by atoms with Crippen LogP contribution in [0.5, 0.6) is 0 Å². The predicted octanol–water partition coefficient (Wildman–Crippen LogP) is 4.87. The lowest BCUT2D eigenvalue weighted by atomic mass is 10.2. The molecule has 8 heteroatoms. The maximum atomic E-state index is 12.4. The van der Waals surface area contributed by atoms with Crippen LogP contribution >= 0.6 is 11.6 Å². The number of ether oxygens (including phenoxy) is 1. The van der Waals surface area contributed by atoms with E-state index < -0.39 is 6.09 Å². The zero-order chi connectivity index (χ0) is 22.2. The first-order valence-electron chi connectivity index (χ1n) is 9.98. The van der Waals surface area contributed by atoms with Gasteiger partial charge in [-0.05, 0) is 47.4 Å². The van der Waals surface area contributed by atoms with Crippen LogP contribution in [-0.4, -0.2) is 21.8 Å². The SMILES string of the molecule is CC(C)Cn1nccc1C(=O)NCc1ccc(NC(=O)OCc2ccc(Cl)cc2)cc1. The molecule has 31 heavy (non-hydrogen) atoms. The summed E-state index contributed by atoms with van der Waals surface area (Å²) in [5.74, 6) is 0.218. The Balaban J connectivity index is 1.46. The highest BCUT2D eigenvalue weighted by molar-refractivity contribution is 6.30. The highest BCUT2D eigenvalue weighted by Crippen LogP contribution is 2.13. The van der Waals surface area contributed by atoms with E-state index in [0.717, 1.165) is 11.1 Å². The van der Waals surface area contributed by atoms with Crippen molar-refractivity contribution in [3.05, 3.63) is 82.6 Å². The summed E-state index contributed by atoms with van der Waals surface area (Å²) in [6, 6.07) is 16.0. The number of rotatable bonds is 8. The maximum Gasteiger partial charge on any atom is 0.411 e. The van der Waals surface area contributed by atoms with Gasteiger partial charge in [0.05, 0.1) is 0 Å². The minimum absolute atomic E-state index is 0.153. The molecular formula is C23H25ClN4O3. The third kappa shape index (κ3) is 6.86. The number of halogens is 1. The largest absolute Gasteiger partial charge is 0.444 e. The molecule has 0 saturated heterocycles. The Labute approximate surface area is 186 Å². The van der Waals surface area contributed by atoms with Crippen LogP contribution in [0.4, 0.5) is 10.5 Å². The monoisotopic (exact) mass is 440 g/mol. The topological polar surface area (TPSA) is 85.3 Å². The van der Waals surface area contributed by atoms with E-state index in [4.69, 9.17) is 16.3 Å². The van der Waals surface area contributed by atoms with Crippen molar-refractivity contribution in [2.75, 3.05) is 5.32 Å². The van der Waals surface area contributed by atoms with E-state index in [1.165, 1.54) is 0 Å². The number of amides is 2. The molecule has 0 unspecified atom stereocenters. The molecule has 0 bridgehead atoms. The standard InChI is InChI=1S/C23H25ClN4O3/c1-16(2)14-28-21(11-12-26-28)22(29)25-13-17-5-9-20(10-6-17)27-23(30)31-15-18-3-7-19(24)8-4-18/h3-12,16H,13-15H2,1-2H3,(H,25,29)(H,27,30). The van der Waals surface area contributed by atoms with Gasteiger partial charge in [-0.3, -0.25) is 14.8 Å². The summed E-state index contributed by atoms with van der Waals surface area (Å²) < 4.78 is 6.91. The second-order valence-corrected chi connectivity index (χ2v) is 7.94. The Morgan fingerprint density at radius 2 is 1.71 bits per heavy atom. The quantitative estimate of drug-likeness (QED) is 0.523. The molecule has 0 spiro atoms. The summed E-state index contributed by atoms with van der Waals surface area (Å²) >= 11 is 5.84. The van der Waals surface area contributed by atoms with Crippen LogP contribution < -0.4 is 10.6 Å². The lowest BCUT2D eigenvalue weighted by Gasteiger charge is -2.11. The molecule has 0 aliphatic heterocycles. The van der Waals surface area contributed by atoms with Gasteiger partial charge < -0.3 is 10.1 Å². The number of benzene rings is 2. The highest BCUT2D eigenvalue weighted by Gasteiger charge is 2.12. The molecule has 2 amide bonds. The normalized spacial score (nSPS) is 10.7. The minimum atomic E-state index is -0.547. The van der Waals surface area contributed by atoms with E-state index in [1.54, 1.807) is 53.3 Å². The van der Waals surface area contributed by atoms with E-state index in [9.17, 15) is 9.59 Å². The van der Waals surface area contributed by atoms with Gasteiger partial charge in [-0.2, -0.15) is 5.10 Å². The van der Waals surface area contributed by atoms with Gasteiger partial charge in [0.1, 0.15) is 12.3 Å². The second kappa shape index (κ2) is 10.6. The van der Waals surface area contributed by atoms with Gasteiger partial charge in [-0.15, -0.1) is 0 Å². The number of anilines is 1. The number of carbonyl (C=O) groups is 2. The molecule has 0 saturated carbocycles. The van der Waals surface area contributed by atoms with Gasteiger partial charge in [0.25, 0.3) is 5.91 Å². The molecule has 0 atom stereocenters. The molecule has 0 fully saturated rings. The molecule has 0 aliphatic carbocycles. The third-order valence-electron chi connectivity index (χ3n) is 4.42. The summed E-state index contributed by atoms with van der Waals surface area (Å²) in [5.41, 5.74) is 2.89. The van der Waals surface area contributed by atoms with E-state index in [2.05, 4.69) is 29.6 Å². The predicted molar refractivity (Wildman–Crippen MR) is 120 cm³/mol. The lowest BCUT2D eigenvalue weighted by molar-refractivity contribution is 0.0939. The smallest absolute Gasteiger partial charge is 0.411 e. The van der Waals surface area contributed by atoms with Crippen LogP contribution in [0.3, 0.4) is 0 Å². The average Bonchev–Trinajstić information content (AvgIpc) is 3.20. The van der Waals surface area contributed by atoms with Crippen molar-refractivity contribution in [2.24, 2.45) is 5.92 Å². The van der Waals surface area contributed by atoms with Crippen LogP contribution in [0.25, 0.3) is 0 Å². The molecule has 0 aliphatic rings. The fraction of sp³-hybridized carbons (Fsp3) is 0.261. The van der Waals surface area contributed by atoms with Crippen molar-refractivity contribution >= 4 is 29.3 Å². The number of hydrogen-bond donors (Lipinski definition) is 2. The summed E-state index contributed by atoms with van der Waals surface area (Å²) in [6.07, 6.45) is 1.08. The van der Waals surface area contributed by atoms with Gasteiger partial charge in [0.2, 0.25) is 0 Å². The summed E-state index contributed by atoms with van der Waals surface area (Å²) in [6.45, 7) is 5.36. The van der Waals surface area contributed by atoms with Crippen molar-refractivity contribution in [3.8, 4) is 0 Å². The van der Waals surface area contributed by atoms with Crippen molar-refractivity contribution in [3.63, 3.8) is 0 Å². The Bertz CT molecular complexity index is 1010. The molecule has 7 nitrogen and oxygen atoms in total. The van der Waals surface area contributed by atoms with E-state index in [1.807, 2.05) is 12.1 Å². The zero-order valence-corrected chi connectivity index (χ0v) is 18.2. The Morgan fingerprint density at radius 3 is 2.39 bits per heavy atom. The van der Waals surface area contributed by atoms with Crippen LogP contribution in [-0.2, 0) is 24.4 Å². The van der Waals surface area contributed by atoms with Gasteiger partial charge in [-0.25, -0.2) is 4.79 Å². The molecule has 2 N–H and O–H groups in total. The van der Waals surface area contributed by atoms with Crippen molar-refractivity contribution < 1.29 is 14.3 Å². The second-order valence-electron chi connectivity index (χ2n) is 7.50. The van der Waals surface area contributed by atoms with E-state index in [0.29, 0.717) is 35.4 Å². The van der Waals surface area contributed by atoms with Crippen LogP contribution in [0.2, 0.25) is 5.02 Å². The Kier molecular flexibility index (Phi) is 7.67. The van der Waals surface area contributed by atoms with Gasteiger partial charge in [0, 0.05) is 30.0 Å². The first kappa shape index (κ1) is 22.4. The zero-order valence-electron chi connectivity index (χ0n) is 17.5.